The predicted octanol–water partition coefficient (Wildman–Crippen LogP) is 3.41. The first kappa shape index (κ1) is 19.7. The van der Waals surface area contributed by atoms with Gasteiger partial charge in [-0.25, -0.2) is 13.1 Å². The number of ether oxygens (including phenoxy) is 2. The van der Waals surface area contributed by atoms with Crippen molar-refractivity contribution in [2.45, 2.75) is 36.6 Å². The minimum Gasteiger partial charge on any atom is -0.486 e. The van der Waals surface area contributed by atoms with E-state index in [1.807, 2.05) is 0 Å². The fraction of sp³-hybridized carbons (Fsp3) is 0.500. The number of nitrogens with one attached hydrogen (secondary N) is 1. The highest BCUT2D eigenvalue weighted by Gasteiger charge is 2.25. The van der Waals surface area contributed by atoms with Crippen LogP contribution in [0.3, 0.4) is 0 Å². The lowest BCUT2D eigenvalue weighted by Crippen LogP contribution is -2.38. The molecule has 1 fully saturated rings. The summed E-state index contributed by atoms with van der Waals surface area (Å²) in [5.41, 5.74) is 1.18. The molecule has 1 aromatic carbocycles. The normalized spacial score (nSPS) is 19.1. The lowest BCUT2D eigenvalue weighted by molar-refractivity contribution is 0.171. The van der Waals surface area contributed by atoms with Crippen molar-refractivity contribution in [1.82, 2.24) is 9.62 Å². The van der Waals surface area contributed by atoms with Gasteiger partial charge in [-0.3, -0.25) is 4.90 Å². The summed E-state index contributed by atoms with van der Waals surface area (Å²) < 4.78 is 39.7. The molecule has 8 heteroatoms. The van der Waals surface area contributed by atoms with Gasteiger partial charge in [-0.05, 0) is 60.5 Å². The number of nitrogens with zero attached hydrogens (tertiary/aromatic N) is 1. The molecule has 2 aromatic rings. The lowest BCUT2D eigenvalue weighted by Gasteiger charge is -2.30. The van der Waals surface area contributed by atoms with Crippen LogP contribution in [-0.2, 0) is 10.0 Å². The zero-order valence-corrected chi connectivity index (χ0v) is 17.4. The molecule has 1 N–H and O–H groups in total. The number of hydrogen-bond donors (Lipinski definition) is 1. The fourth-order valence-electron chi connectivity index (χ4n) is 3.79. The Bertz CT molecular complexity index is 876. The van der Waals surface area contributed by atoms with Gasteiger partial charge in [-0.2, -0.15) is 11.3 Å². The Morgan fingerprint density at radius 3 is 2.50 bits per heavy atom. The first-order chi connectivity index (χ1) is 13.6. The highest BCUT2D eigenvalue weighted by Crippen LogP contribution is 2.32. The van der Waals surface area contributed by atoms with E-state index in [4.69, 9.17) is 9.47 Å². The minimum atomic E-state index is -3.64. The molecule has 4 rings (SSSR count). The predicted molar refractivity (Wildman–Crippen MR) is 110 cm³/mol. The van der Waals surface area contributed by atoms with Gasteiger partial charge in [0.25, 0.3) is 0 Å². The Hall–Kier alpha value is -1.61. The van der Waals surface area contributed by atoms with E-state index >= 15 is 0 Å². The van der Waals surface area contributed by atoms with Crippen LogP contribution in [0.25, 0.3) is 0 Å². The molecular formula is C20H26N2O4S2. The Balaban J connectivity index is 1.51. The highest BCUT2D eigenvalue weighted by atomic mass is 32.2. The molecular weight excluding hydrogens is 396 g/mol. The SMILES string of the molecule is O=S(=O)(NC[C@@H](c1ccsc1)N1CCCCCC1)c1ccc2c(c1)OCCO2. The van der Waals surface area contributed by atoms with Gasteiger partial charge in [0.15, 0.2) is 11.5 Å². The van der Waals surface area contributed by atoms with Crippen LogP contribution in [0, 0.1) is 0 Å². The standard InChI is InChI=1S/C20H26N2O4S2/c23-28(24,17-5-6-19-20(13-17)26-11-10-25-19)21-14-18(16-7-12-27-15-16)22-8-3-1-2-4-9-22/h5-7,12-13,15,18,21H,1-4,8-11,14H2/t18-/m0/s1. The number of thiophene rings is 1. The van der Waals surface area contributed by atoms with Gasteiger partial charge in [0.1, 0.15) is 13.2 Å². The molecule has 28 heavy (non-hydrogen) atoms. The Morgan fingerprint density at radius 1 is 1.04 bits per heavy atom. The van der Waals surface area contributed by atoms with Gasteiger partial charge in [-0.15, -0.1) is 0 Å². The third-order valence-electron chi connectivity index (χ3n) is 5.30. The second-order valence-corrected chi connectivity index (χ2v) is 9.73. The third-order valence-corrected chi connectivity index (χ3v) is 7.42. The lowest BCUT2D eigenvalue weighted by atomic mass is 10.1. The quantitative estimate of drug-likeness (QED) is 0.773. The van der Waals surface area contributed by atoms with Crippen molar-refractivity contribution in [3.63, 3.8) is 0 Å². The summed E-state index contributed by atoms with van der Waals surface area (Å²) in [6.45, 7) is 3.28. The molecule has 0 unspecified atom stereocenters. The molecule has 2 aliphatic rings. The van der Waals surface area contributed by atoms with Crippen molar-refractivity contribution in [3.8, 4) is 11.5 Å². The Kier molecular flexibility index (Phi) is 6.20. The molecule has 0 amide bonds. The second-order valence-electron chi connectivity index (χ2n) is 7.18. The fourth-order valence-corrected chi connectivity index (χ4v) is 5.55. The van der Waals surface area contributed by atoms with E-state index in [-0.39, 0.29) is 10.9 Å². The van der Waals surface area contributed by atoms with Gasteiger partial charge in [0.2, 0.25) is 10.0 Å². The van der Waals surface area contributed by atoms with E-state index in [2.05, 4.69) is 26.4 Å². The molecule has 3 heterocycles. The Morgan fingerprint density at radius 2 is 1.79 bits per heavy atom. The number of likely N-dealkylation sites (tertiary alicyclic amines) is 1. The number of hydrogen-bond acceptors (Lipinski definition) is 6. The van der Waals surface area contributed by atoms with Crippen LogP contribution in [-0.4, -0.2) is 46.2 Å². The third kappa shape index (κ3) is 4.51. The summed E-state index contributed by atoms with van der Waals surface area (Å²) in [7, 11) is -3.64. The Labute approximate surface area is 170 Å². The maximum atomic E-state index is 12.9. The molecule has 1 aromatic heterocycles. The largest absolute Gasteiger partial charge is 0.486 e. The molecule has 1 saturated heterocycles. The van der Waals surface area contributed by atoms with Crippen LogP contribution >= 0.6 is 11.3 Å². The van der Waals surface area contributed by atoms with Gasteiger partial charge in [-0.1, -0.05) is 12.8 Å². The minimum absolute atomic E-state index is 0.0522. The van der Waals surface area contributed by atoms with Crippen molar-refractivity contribution in [2.75, 3.05) is 32.8 Å². The van der Waals surface area contributed by atoms with E-state index in [1.165, 1.54) is 18.4 Å². The maximum Gasteiger partial charge on any atom is 0.240 e. The summed E-state index contributed by atoms with van der Waals surface area (Å²) in [5.74, 6) is 1.07. The topological polar surface area (TPSA) is 67.9 Å². The molecule has 2 aliphatic heterocycles. The monoisotopic (exact) mass is 422 g/mol. The van der Waals surface area contributed by atoms with Crippen LogP contribution in [0.1, 0.15) is 37.3 Å². The number of sulfonamides is 1. The van der Waals surface area contributed by atoms with Crippen LogP contribution < -0.4 is 14.2 Å². The van der Waals surface area contributed by atoms with Crippen molar-refractivity contribution in [3.05, 3.63) is 40.6 Å². The van der Waals surface area contributed by atoms with E-state index < -0.39 is 10.0 Å². The van der Waals surface area contributed by atoms with E-state index in [1.54, 1.807) is 29.5 Å². The number of benzene rings is 1. The van der Waals surface area contributed by atoms with Crippen molar-refractivity contribution in [2.24, 2.45) is 0 Å². The molecule has 0 saturated carbocycles. The van der Waals surface area contributed by atoms with Crippen LogP contribution in [0.2, 0.25) is 0 Å². The van der Waals surface area contributed by atoms with E-state index in [0.717, 1.165) is 25.9 Å². The van der Waals surface area contributed by atoms with Crippen molar-refractivity contribution < 1.29 is 17.9 Å². The summed E-state index contributed by atoms with van der Waals surface area (Å²) in [6.07, 6.45) is 4.82. The first-order valence-corrected chi connectivity index (χ1v) is 12.2. The highest BCUT2D eigenvalue weighted by molar-refractivity contribution is 7.89. The number of fused-ring (bicyclic) bond motifs is 1. The van der Waals surface area contributed by atoms with Crippen LogP contribution in [0.4, 0.5) is 0 Å². The average Bonchev–Trinajstić information content (AvgIpc) is 3.10. The van der Waals surface area contributed by atoms with Crippen molar-refractivity contribution >= 4 is 21.4 Å². The van der Waals surface area contributed by atoms with Gasteiger partial charge in [0.05, 0.1) is 4.90 Å². The van der Waals surface area contributed by atoms with Gasteiger partial charge >= 0.3 is 0 Å². The van der Waals surface area contributed by atoms with E-state index in [9.17, 15) is 8.42 Å². The summed E-state index contributed by atoms with van der Waals surface area (Å²) in [5, 5.41) is 4.17. The van der Waals surface area contributed by atoms with Crippen molar-refractivity contribution in [1.29, 1.82) is 0 Å². The molecule has 0 bridgehead atoms. The first-order valence-electron chi connectivity index (χ1n) is 9.79. The van der Waals surface area contributed by atoms with Gasteiger partial charge < -0.3 is 9.47 Å². The molecule has 1 atom stereocenters. The maximum absolute atomic E-state index is 12.9. The molecule has 0 aliphatic carbocycles. The molecule has 0 spiro atoms. The van der Waals surface area contributed by atoms with E-state index in [0.29, 0.717) is 31.3 Å². The summed E-state index contributed by atoms with van der Waals surface area (Å²) in [6, 6.07) is 6.92. The number of rotatable bonds is 6. The summed E-state index contributed by atoms with van der Waals surface area (Å²) >= 11 is 1.65. The zero-order valence-electron chi connectivity index (χ0n) is 15.8. The molecule has 152 valence electrons. The zero-order chi connectivity index (χ0) is 19.4. The van der Waals surface area contributed by atoms with Gasteiger partial charge in [0, 0.05) is 18.7 Å². The van der Waals surface area contributed by atoms with Crippen LogP contribution in [0.5, 0.6) is 11.5 Å². The molecule has 6 nitrogen and oxygen atoms in total. The van der Waals surface area contributed by atoms with Crippen LogP contribution in [0.15, 0.2) is 39.9 Å². The average molecular weight is 423 g/mol. The smallest absolute Gasteiger partial charge is 0.240 e. The summed E-state index contributed by atoms with van der Waals surface area (Å²) in [4.78, 5) is 2.62. The molecule has 0 radical (unpaired) electrons. The second kappa shape index (κ2) is 8.82.